The van der Waals surface area contributed by atoms with E-state index in [4.69, 9.17) is 9.47 Å². The van der Waals surface area contributed by atoms with E-state index in [0.717, 1.165) is 55.6 Å². The van der Waals surface area contributed by atoms with Gasteiger partial charge in [-0.1, -0.05) is 30.3 Å². The molecule has 0 saturated carbocycles. The van der Waals surface area contributed by atoms with Gasteiger partial charge in [0.1, 0.15) is 11.5 Å². The zero-order valence-corrected chi connectivity index (χ0v) is 20.8. The smallest absolute Gasteiger partial charge is 0.123 e. The van der Waals surface area contributed by atoms with Gasteiger partial charge in [0.05, 0.1) is 14.2 Å². The summed E-state index contributed by atoms with van der Waals surface area (Å²) in [5.41, 5.74) is 4.12. The lowest BCUT2D eigenvalue weighted by molar-refractivity contribution is 0.0738. The van der Waals surface area contributed by atoms with Gasteiger partial charge in [0.2, 0.25) is 0 Å². The van der Waals surface area contributed by atoms with Gasteiger partial charge in [-0.15, -0.1) is 24.8 Å². The topological polar surface area (TPSA) is 24.9 Å². The summed E-state index contributed by atoms with van der Waals surface area (Å²) in [6, 6.07) is 16.6. The Labute approximate surface area is 205 Å². The van der Waals surface area contributed by atoms with Crippen LogP contribution in [0.2, 0.25) is 0 Å². The third kappa shape index (κ3) is 5.04. The first-order valence-corrected chi connectivity index (χ1v) is 11.5. The normalized spacial score (nSPS) is 24.8. The Morgan fingerprint density at radius 1 is 0.844 bits per heavy atom. The maximum atomic E-state index is 5.68. The molecule has 3 aliphatic heterocycles. The van der Waals surface area contributed by atoms with E-state index in [-0.39, 0.29) is 24.8 Å². The molecule has 2 atom stereocenters. The van der Waals surface area contributed by atoms with Crippen LogP contribution in [0.3, 0.4) is 0 Å². The molecule has 2 fully saturated rings. The van der Waals surface area contributed by atoms with Crippen molar-refractivity contribution in [1.82, 2.24) is 9.80 Å². The first-order chi connectivity index (χ1) is 14.7. The predicted molar refractivity (Wildman–Crippen MR) is 135 cm³/mol. The average molecular weight is 479 g/mol. The van der Waals surface area contributed by atoms with Gasteiger partial charge in [0, 0.05) is 49.4 Å². The van der Waals surface area contributed by atoms with Crippen molar-refractivity contribution in [3.05, 3.63) is 59.2 Å². The van der Waals surface area contributed by atoms with E-state index in [1.165, 1.54) is 48.9 Å². The second kappa shape index (κ2) is 11.1. The molecule has 2 aromatic carbocycles. The Kier molecular flexibility index (Phi) is 8.74. The number of rotatable bonds is 6. The number of benzene rings is 2. The lowest BCUT2D eigenvalue weighted by Gasteiger charge is -2.41. The highest BCUT2D eigenvalue weighted by Crippen LogP contribution is 2.41. The zero-order valence-electron chi connectivity index (χ0n) is 19.2. The second-order valence-electron chi connectivity index (χ2n) is 9.29. The molecule has 176 valence electrons. The zero-order chi connectivity index (χ0) is 20.5. The van der Waals surface area contributed by atoms with E-state index in [2.05, 4.69) is 46.2 Å². The Bertz CT molecular complexity index is 866. The minimum atomic E-state index is 0. The summed E-state index contributed by atoms with van der Waals surface area (Å²) in [7, 11) is 3.55. The number of ether oxygens (including phenoxy) is 2. The molecule has 6 heteroatoms. The van der Waals surface area contributed by atoms with Gasteiger partial charge in [-0.2, -0.15) is 0 Å². The number of hydrogen-bond donors (Lipinski definition) is 0. The van der Waals surface area contributed by atoms with Crippen LogP contribution in [0, 0.1) is 5.92 Å². The van der Waals surface area contributed by atoms with Crippen LogP contribution in [-0.4, -0.2) is 49.2 Å². The van der Waals surface area contributed by atoms with Crippen LogP contribution >= 0.6 is 24.8 Å². The number of nitrogens with zero attached hydrogens (tertiary/aromatic N) is 2. The summed E-state index contributed by atoms with van der Waals surface area (Å²) in [6.45, 7) is 4.44. The molecule has 3 aliphatic rings. The van der Waals surface area contributed by atoms with Crippen LogP contribution in [0.4, 0.5) is 0 Å². The van der Waals surface area contributed by atoms with Crippen molar-refractivity contribution in [2.75, 3.05) is 27.3 Å². The highest BCUT2D eigenvalue weighted by Gasteiger charge is 2.41. The van der Waals surface area contributed by atoms with Crippen molar-refractivity contribution in [3.8, 4) is 11.5 Å². The summed E-state index contributed by atoms with van der Waals surface area (Å²) in [5.74, 6) is 2.83. The molecule has 0 radical (unpaired) electrons. The Hall–Kier alpha value is -1.46. The van der Waals surface area contributed by atoms with Crippen molar-refractivity contribution >= 4 is 24.8 Å². The molecule has 2 bridgehead atoms. The molecule has 2 aromatic rings. The largest absolute Gasteiger partial charge is 0.496 e. The predicted octanol–water partition coefficient (Wildman–Crippen LogP) is 5.35. The molecule has 5 rings (SSSR count). The maximum Gasteiger partial charge on any atom is 0.123 e. The molecule has 0 aromatic heterocycles. The van der Waals surface area contributed by atoms with Gasteiger partial charge in [-0.05, 0) is 55.7 Å². The number of hydrogen-bond acceptors (Lipinski definition) is 4. The Balaban J connectivity index is 0.00000144. The molecule has 0 spiro atoms. The summed E-state index contributed by atoms with van der Waals surface area (Å²) in [6.07, 6.45) is 6.50. The summed E-state index contributed by atoms with van der Waals surface area (Å²) < 4.78 is 11.3. The van der Waals surface area contributed by atoms with Crippen LogP contribution in [0.15, 0.2) is 42.5 Å². The number of methoxy groups -OCH3 is 2. The van der Waals surface area contributed by atoms with Crippen LogP contribution in [0.25, 0.3) is 0 Å². The molecule has 4 nitrogen and oxygen atoms in total. The average Bonchev–Trinajstić information content (AvgIpc) is 3.01. The highest BCUT2D eigenvalue weighted by molar-refractivity contribution is 5.85. The third-order valence-corrected chi connectivity index (χ3v) is 7.55. The lowest BCUT2D eigenvalue weighted by Crippen LogP contribution is -2.45. The minimum Gasteiger partial charge on any atom is -0.496 e. The van der Waals surface area contributed by atoms with Crippen LogP contribution in [0.5, 0.6) is 11.5 Å². The van der Waals surface area contributed by atoms with E-state index < -0.39 is 0 Å². The lowest BCUT2D eigenvalue weighted by atomic mass is 9.88. The van der Waals surface area contributed by atoms with Crippen LogP contribution in [-0.2, 0) is 19.5 Å². The molecular weight excluding hydrogens is 443 g/mol. The van der Waals surface area contributed by atoms with Gasteiger partial charge in [0.25, 0.3) is 0 Å². The standard InChI is InChI=1S/C26H34N2O2.2ClH/c1-29-25-10-11-26(30-2)24-18-27(13-12-23(24)25)16-20-14-21-8-9-22(15-20)28(21)17-19-6-4-3-5-7-19;;/h3-7,10-11,20-22H,8-9,12-18H2,1-2H3;2*1H. The number of piperidine rings is 1. The monoisotopic (exact) mass is 478 g/mol. The molecular formula is C26H36Cl2N2O2. The Morgan fingerprint density at radius 3 is 2.09 bits per heavy atom. The highest BCUT2D eigenvalue weighted by atomic mass is 35.5. The first-order valence-electron chi connectivity index (χ1n) is 11.5. The van der Waals surface area contributed by atoms with Gasteiger partial charge < -0.3 is 9.47 Å². The van der Waals surface area contributed by atoms with Gasteiger partial charge in [0.15, 0.2) is 0 Å². The van der Waals surface area contributed by atoms with E-state index in [0.29, 0.717) is 0 Å². The molecule has 2 unspecified atom stereocenters. The van der Waals surface area contributed by atoms with E-state index in [9.17, 15) is 0 Å². The molecule has 3 heterocycles. The summed E-state index contributed by atoms with van der Waals surface area (Å²) in [4.78, 5) is 5.45. The van der Waals surface area contributed by atoms with E-state index >= 15 is 0 Å². The van der Waals surface area contributed by atoms with Crippen molar-refractivity contribution in [1.29, 1.82) is 0 Å². The third-order valence-electron chi connectivity index (χ3n) is 7.55. The number of halogens is 2. The van der Waals surface area contributed by atoms with Gasteiger partial charge in [-0.3, -0.25) is 9.80 Å². The fourth-order valence-corrected chi connectivity index (χ4v) is 6.16. The van der Waals surface area contributed by atoms with E-state index in [1.54, 1.807) is 14.2 Å². The van der Waals surface area contributed by atoms with E-state index in [1.807, 2.05) is 6.07 Å². The van der Waals surface area contributed by atoms with Gasteiger partial charge in [-0.25, -0.2) is 0 Å². The summed E-state index contributed by atoms with van der Waals surface area (Å²) >= 11 is 0. The Morgan fingerprint density at radius 2 is 1.47 bits per heavy atom. The fraction of sp³-hybridized carbons (Fsp3) is 0.538. The number of fused-ring (bicyclic) bond motifs is 3. The summed E-state index contributed by atoms with van der Waals surface area (Å²) in [5, 5.41) is 0. The van der Waals surface area contributed by atoms with Crippen molar-refractivity contribution in [3.63, 3.8) is 0 Å². The first kappa shape index (κ1) is 25.2. The fourth-order valence-electron chi connectivity index (χ4n) is 6.16. The van der Waals surface area contributed by atoms with Crippen molar-refractivity contribution in [2.24, 2.45) is 5.92 Å². The molecule has 2 saturated heterocycles. The minimum absolute atomic E-state index is 0. The SMILES string of the molecule is COc1ccc(OC)c2c1CCN(CC1CC3CCC(C1)N3Cc1ccccc1)C2.Cl.Cl. The molecule has 32 heavy (non-hydrogen) atoms. The second-order valence-corrected chi connectivity index (χ2v) is 9.29. The van der Waals surface area contributed by atoms with Crippen molar-refractivity contribution in [2.45, 2.75) is 57.3 Å². The molecule has 0 aliphatic carbocycles. The van der Waals surface area contributed by atoms with Crippen LogP contribution < -0.4 is 9.47 Å². The molecule has 0 amide bonds. The quantitative estimate of drug-likeness (QED) is 0.558. The molecule has 0 N–H and O–H groups in total. The van der Waals surface area contributed by atoms with Crippen molar-refractivity contribution < 1.29 is 9.47 Å². The van der Waals surface area contributed by atoms with Crippen LogP contribution in [0.1, 0.15) is 42.4 Å². The maximum absolute atomic E-state index is 5.68. The van der Waals surface area contributed by atoms with Gasteiger partial charge >= 0.3 is 0 Å².